The Balaban J connectivity index is 1.90. The zero-order valence-corrected chi connectivity index (χ0v) is 13.3. The molecule has 0 aliphatic heterocycles. The van der Waals surface area contributed by atoms with Gasteiger partial charge in [-0.2, -0.15) is 0 Å². The maximum atomic E-state index is 12.6. The van der Waals surface area contributed by atoms with E-state index in [1.807, 2.05) is 17.5 Å². The first-order valence-electron chi connectivity index (χ1n) is 7.06. The minimum absolute atomic E-state index is 0.0400. The smallest absolute Gasteiger partial charge is 0.257 e. The van der Waals surface area contributed by atoms with Crippen molar-refractivity contribution in [1.82, 2.24) is 4.98 Å². The van der Waals surface area contributed by atoms with Gasteiger partial charge in [-0.15, -0.1) is 11.3 Å². The first-order valence-corrected chi connectivity index (χ1v) is 7.94. The Bertz CT molecular complexity index is 857. The number of carbonyl (C=O) groups excluding carboxylic acids is 2. The van der Waals surface area contributed by atoms with Crippen LogP contribution in [0.1, 0.15) is 27.6 Å². The molecule has 2 heterocycles. The SMILES string of the molecule is CC(=O)c1cccc(NC(=O)c2cccnc2-c2cccs2)c1. The van der Waals surface area contributed by atoms with Crippen molar-refractivity contribution in [3.05, 3.63) is 71.2 Å². The van der Waals surface area contributed by atoms with Gasteiger partial charge in [0.25, 0.3) is 5.91 Å². The van der Waals surface area contributed by atoms with Crippen molar-refractivity contribution in [1.29, 1.82) is 0 Å². The van der Waals surface area contributed by atoms with Crippen LogP contribution in [0.5, 0.6) is 0 Å². The fourth-order valence-electron chi connectivity index (χ4n) is 2.21. The number of hydrogen-bond acceptors (Lipinski definition) is 4. The van der Waals surface area contributed by atoms with Crippen LogP contribution < -0.4 is 5.32 Å². The topological polar surface area (TPSA) is 59.1 Å². The molecule has 3 aromatic rings. The lowest BCUT2D eigenvalue weighted by atomic mass is 10.1. The summed E-state index contributed by atoms with van der Waals surface area (Å²) in [6, 6.07) is 14.2. The lowest BCUT2D eigenvalue weighted by Gasteiger charge is -2.09. The van der Waals surface area contributed by atoms with E-state index in [1.54, 1.807) is 42.6 Å². The average molecular weight is 322 g/mol. The Kier molecular flexibility index (Phi) is 4.30. The molecule has 0 radical (unpaired) electrons. The first kappa shape index (κ1) is 15.1. The van der Waals surface area contributed by atoms with Crippen LogP contribution in [0.3, 0.4) is 0 Å². The summed E-state index contributed by atoms with van der Waals surface area (Å²) in [6.45, 7) is 1.50. The van der Waals surface area contributed by atoms with E-state index in [9.17, 15) is 9.59 Å². The summed E-state index contributed by atoms with van der Waals surface area (Å²) in [6.07, 6.45) is 1.67. The van der Waals surface area contributed by atoms with Crippen molar-refractivity contribution in [3.8, 4) is 10.6 Å². The van der Waals surface area contributed by atoms with E-state index in [4.69, 9.17) is 0 Å². The highest BCUT2D eigenvalue weighted by Gasteiger charge is 2.15. The van der Waals surface area contributed by atoms with Crippen LogP contribution in [-0.4, -0.2) is 16.7 Å². The number of pyridine rings is 1. The maximum absolute atomic E-state index is 12.6. The van der Waals surface area contributed by atoms with E-state index in [0.29, 0.717) is 22.5 Å². The number of amides is 1. The minimum atomic E-state index is -0.248. The Morgan fingerprint density at radius 1 is 1.09 bits per heavy atom. The molecule has 3 rings (SSSR count). The summed E-state index contributed by atoms with van der Waals surface area (Å²) in [5.74, 6) is -0.288. The molecule has 0 aliphatic rings. The second kappa shape index (κ2) is 6.54. The molecule has 2 aromatic heterocycles. The number of rotatable bonds is 4. The van der Waals surface area contributed by atoms with Gasteiger partial charge in [0.05, 0.1) is 16.1 Å². The van der Waals surface area contributed by atoms with Crippen LogP contribution in [-0.2, 0) is 0 Å². The lowest BCUT2D eigenvalue weighted by Crippen LogP contribution is -2.14. The largest absolute Gasteiger partial charge is 0.322 e. The van der Waals surface area contributed by atoms with Crippen molar-refractivity contribution >= 4 is 28.7 Å². The fourth-order valence-corrected chi connectivity index (χ4v) is 2.95. The van der Waals surface area contributed by atoms with E-state index in [0.717, 1.165) is 4.88 Å². The molecular weight excluding hydrogens is 308 g/mol. The number of thiophene rings is 1. The molecule has 114 valence electrons. The summed E-state index contributed by atoms with van der Waals surface area (Å²) in [7, 11) is 0. The van der Waals surface area contributed by atoms with Gasteiger partial charge in [0.15, 0.2) is 5.78 Å². The third-order valence-electron chi connectivity index (χ3n) is 3.33. The lowest BCUT2D eigenvalue weighted by molar-refractivity contribution is 0.101. The number of carbonyl (C=O) groups is 2. The number of aromatic nitrogens is 1. The van der Waals surface area contributed by atoms with Gasteiger partial charge in [-0.1, -0.05) is 18.2 Å². The molecule has 0 bridgehead atoms. The third kappa shape index (κ3) is 3.35. The van der Waals surface area contributed by atoms with Crippen molar-refractivity contribution in [2.45, 2.75) is 6.92 Å². The van der Waals surface area contributed by atoms with E-state index < -0.39 is 0 Å². The van der Waals surface area contributed by atoms with Crippen molar-refractivity contribution < 1.29 is 9.59 Å². The number of benzene rings is 1. The minimum Gasteiger partial charge on any atom is -0.322 e. The number of hydrogen-bond donors (Lipinski definition) is 1. The highest BCUT2D eigenvalue weighted by Crippen LogP contribution is 2.26. The zero-order chi connectivity index (χ0) is 16.2. The Labute approximate surface area is 137 Å². The average Bonchev–Trinajstić information content (AvgIpc) is 3.09. The monoisotopic (exact) mass is 322 g/mol. The molecule has 0 unspecified atom stereocenters. The summed E-state index contributed by atoms with van der Waals surface area (Å²) in [4.78, 5) is 29.3. The maximum Gasteiger partial charge on any atom is 0.257 e. The molecule has 0 saturated heterocycles. The molecule has 1 aromatic carbocycles. The van der Waals surface area contributed by atoms with Gasteiger partial charge in [0.2, 0.25) is 0 Å². The molecular formula is C18H14N2O2S. The van der Waals surface area contributed by atoms with Crippen molar-refractivity contribution in [2.75, 3.05) is 5.32 Å². The predicted molar refractivity (Wildman–Crippen MR) is 91.9 cm³/mol. The van der Waals surface area contributed by atoms with E-state index in [2.05, 4.69) is 10.3 Å². The first-order chi connectivity index (χ1) is 11.1. The van der Waals surface area contributed by atoms with Gasteiger partial charge < -0.3 is 5.32 Å². The molecule has 4 nitrogen and oxygen atoms in total. The molecule has 1 N–H and O–H groups in total. The second-order valence-electron chi connectivity index (χ2n) is 4.97. The van der Waals surface area contributed by atoms with Crippen LogP contribution in [0, 0.1) is 0 Å². The van der Waals surface area contributed by atoms with E-state index in [-0.39, 0.29) is 11.7 Å². The van der Waals surface area contributed by atoms with Gasteiger partial charge in [-0.3, -0.25) is 14.6 Å². The summed E-state index contributed by atoms with van der Waals surface area (Å²) in [5, 5.41) is 4.78. The standard InChI is InChI=1S/C18H14N2O2S/c1-12(21)13-5-2-6-14(11-13)20-18(22)15-7-3-9-19-17(15)16-8-4-10-23-16/h2-11H,1H3,(H,20,22). The molecule has 0 saturated carbocycles. The summed E-state index contributed by atoms with van der Waals surface area (Å²) >= 11 is 1.53. The highest BCUT2D eigenvalue weighted by molar-refractivity contribution is 7.13. The van der Waals surface area contributed by atoms with Gasteiger partial charge in [0, 0.05) is 17.4 Å². The highest BCUT2D eigenvalue weighted by atomic mass is 32.1. The fraction of sp³-hybridized carbons (Fsp3) is 0.0556. The Morgan fingerprint density at radius 3 is 2.70 bits per heavy atom. The number of Topliss-reactive ketones (excluding diaryl/α,β-unsaturated/α-hetero) is 1. The Morgan fingerprint density at radius 2 is 1.96 bits per heavy atom. The van der Waals surface area contributed by atoms with Gasteiger partial charge in [-0.25, -0.2) is 0 Å². The molecule has 5 heteroatoms. The zero-order valence-electron chi connectivity index (χ0n) is 12.4. The predicted octanol–water partition coefficient (Wildman–Crippen LogP) is 4.27. The normalized spacial score (nSPS) is 10.3. The van der Waals surface area contributed by atoms with Crippen molar-refractivity contribution in [2.24, 2.45) is 0 Å². The van der Waals surface area contributed by atoms with Crippen LogP contribution >= 0.6 is 11.3 Å². The molecule has 0 atom stereocenters. The molecule has 1 amide bonds. The van der Waals surface area contributed by atoms with Crippen LogP contribution in [0.15, 0.2) is 60.1 Å². The van der Waals surface area contributed by atoms with Crippen molar-refractivity contribution in [3.63, 3.8) is 0 Å². The summed E-state index contributed by atoms with van der Waals surface area (Å²) in [5.41, 5.74) is 2.31. The molecule has 23 heavy (non-hydrogen) atoms. The van der Waals surface area contributed by atoms with Crippen LogP contribution in [0.25, 0.3) is 10.6 Å². The molecule has 0 aliphatic carbocycles. The number of nitrogens with zero attached hydrogens (tertiary/aromatic N) is 1. The van der Waals surface area contributed by atoms with E-state index in [1.165, 1.54) is 18.3 Å². The number of ketones is 1. The van der Waals surface area contributed by atoms with Gasteiger partial charge >= 0.3 is 0 Å². The number of anilines is 1. The molecule has 0 spiro atoms. The summed E-state index contributed by atoms with van der Waals surface area (Å²) < 4.78 is 0. The second-order valence-corrected chi connectivity index (χ2v) is 5.92. The molecule has 0 fully saturated rings. The van der Waals surface area contributed by atoms with E-state index >= 15 is 0 Å². The van der Waals surface area contributed by atoms with Crippen LogP contribution in [0.4, 0.5) is 5.69 Å². The third-order valence-corrected chi connectivity index (χ3v) is 4.21. The van der Waals surface area contributed by atoms with Gasteiger partial charge in [0.1, 0.15) is 0 Å². The quantitative estimate of drug-likeness (QED) is 0.730. The number of nitrogens with one attached hydrogen (secondary N) is 1. The van der Waals surface area contributed by atoms with Gasteiger partial charge in [-0.05, 0) is 42.6 Å². The van der Waals surface area contributed by atoms with Crippen LogP contribution in [0.2, 0.25) is 0 Å². The Hall–Kier alpha value is -2.79.